The summed E-state index contributed by atoms with van der Waals surface area (Å²) in [5, 5.41) is 0. The van der Waals surface area contributed by atoms with Crippen molar-refractivity contribution in [2.75, 3.05) is 26.2 Å². The van der Waals surface area contributed by atoms with E-state index in [-0.39, 0.29) is 5.41 Å². The molecule has 2 saturated heterocycles. The van der Waals surface area contributed by atoms with Crippen LogP contribution in [0, 0.1) is 23.2 Å². The van der Waals surface area contributed by atoms with Crippen LogP contribution in [0.25, 0.3) is 0 Å². The third-order valence-corrected chi connectivity index (χ3v) is 7.37. The van der Waals surface area contributed by atoms with Gasteiger partial charge in [-0.05, 0) is 48.9 Å². The van der Waals surface area contributed by atoms with Crippen molar-refractivity contribution in [3.63, 3.8) is 0 Å². The van der Waals surface area contributed by atoms with Crippen molar-refractivity contribution in [2.45, 2.75) is 60.3 Å². The van der Waals surface area contributed by atoms with Crippen molar-refractivity contribution < 1.29 is 8.42 Å². The van der Waals surface area contributed by atoms with Gasteiger partial charge in [0.2, 0.25) is 0 Å². The van der Waals surface area contributed by atoms with Gasteiger partial charge in [-0.2, -0.15) is 17.0 Å². The lowest BCUT2D eigenvalue weighted by Crippen LogP contribution is -2.49. The molecule has 0 aromatic carbocycles. The highest BCUT2D eigenvalue weighted by atomic mass is 32.2. The van der Waals surface area contributed by atoms with Gasteiger partial charge in [0.25, 0.3) is 10.2 Å². The summed E-state index contributed by atoms with van der Waals surface area (Å²) in [5.74, 6) is 1.55. The van der Waals surface area contributed by atoms with Gasteiger partial charge in [-0.1, -0.05) is 34.6 Å². The molecule has 2 aliphatic heterocycles. The molecule has 2 rings (SSSR count). The minimum absolute atomic E-state index is 0.272. The Kier molecular flexibility index (Phi) is 5.61. The summed E-state index contributed by atoms with van der Waals surface area (Å²) in [6.45, 7) is 13.9. The minimum Gasteiger partial charge on any atom is -0.195 e. The highest BCUT2D eigenvalue weighted by Crippen LogP contribution is 2.35. The summed E-state index contributed by atoms with van der Waals surface area (Å²) in [6.07, 6.45) is 4.25. The summed E-state index contributed by atoms with van der Waals surface area (Å²) >= 11 is 0. The van der Waals surface area contributed by atoms with Crippen LogP contribution in [0.4, 0.5) is 0 Å². The Morgan fingerprint density at radius 3 is 2.05 bits per heavy atom. The fourth-order valence-corrected chi connectivity index (χ4v) is 6.03. The highest BCUT2D eigenvalue weighted by Gasteiger charge is 2.37. The zero-order valence-electron chi connectivity index (χ0n) is 15.0. The van der Waals surface area contributed by atoms with Crippen LogP contribution in [0.5, 0.6) is 0 Å². The average Bonchev–Trinajstić information content (AvgIpc) is 2.63. The van der Waals surface area contributed by atoms with Crippen LogP contribution in [0.15, 0.2) is 0 Å². The third-order valence-electron chi connectivity index (χ3n) is 5.40. The van der Waals surface area contributed by atoms with E-state index in [2.05, 4.69) is 34.6 Å². The Balaban J connectivity index is 2.06. The predicted octanol–water partition coefficient (Wildman–Crippen LogP) is 3.36. The number of rotatable bonds is 2. The third kappa shape index (κ3) is 4.24. The van der Waals surface area contributed by atoms with Crippen LogP contribution in [-0.4, -0.2) is 43.2 Å². The lowest BCUT2D eigenvalue weighted by atomic mass is 9.77. The molecule has 5 heteroatoms. The second-order valence-corrected chi connectivity index (χ2v) is 10.6. The first kappa shape index (κ1) is 18.2. The summed E-state index contributed by atoms with van der Waals surface area (Å²) in [7, 11) is -3.28. The topological polar surface area (TPSA) is 40.6 Å². The molecule has 2 aliphatic rings. The van der Waals surface area contributed by atoms with E-state index < -0.39 is 10.2 Å². The molecular formula is C17H34N2O2S. The van der Waals surface area contributed by atoms with Crippen molar-refractivity contribution in [1.82, 2.24) is 8.61 Å². The lowest BCUT2D eigenvalue weighted by molar-refractivity contribution is 0.203. The van der Waals surface area contributed by atoms with Crippen molar-refractivity contribution in [1.29, 1.82) is 0 Å². The molecule has 2 heterocycles. The van der Waals surface area contributed by atoms with Crippen LogP contribution in [-0.2, 0) is 10.2 Å². The molecular weight excluding hydrogens is 296 g/mol. The van der Waals surface area contributed by atoms with Gasteiger partial charge in [0.15, 0.2) is 0 Å². The van der Waals surface area contributed by atoms with E-state index in [4.69, 9.17) is 0 Å². The lowest BCUT2D eigenvalue weighted by Gasteiger charge is -2.37. The Labute approximate surface area is 137 Å². The van der Waals surface area contributed by atoms with Gasteiger partial charge >= 0.3 is 0 Å². The Morgan fingerprint density at radius 2 is 1.50 bits per heavy atom. The van der Waals surface area contributed by atoms with Crippen molar-refractivity contribution in [3.05, 3.63) is 0 Å². The van der Waals surface area contributed by atoms with Crippen molar-refractivity contribution in [2.24, 2.45) is 23.2 Å². The minimum atomic E-state index is -3.28. The maximum Gasteiger partial charge on any atom is 0.281 e. The molecule has 0 radical (unpaired) electrons. The van der Waals surface area contributed by atoms with E-state index in [1.807, 2.05) is 0 Å². The quantitative estimate of drug-likeness (QED) is 0.779. The molecule has 0 saturated carbocycles. The van der Waals surface area contributed by atoms with Gasteiger partial charge in [0.05, 0.1) is 0 Å². The van der Waals surface area contributed by atoms with Crippen LogP contribution in [0.2, 0.25) is 0 Å². The number of nitrogens with zero attached hydrogens (tertiary/aromatic N) is 2. The number of hydrogen-bond donors (Lipinski definition) is 0. The van der Waals surface area contributed by atoms with Gasteiger partial charge in [0.1, 0.15) is 0 Å². The summed E-state index contributed by atoms with van der Waals surface area (Å²) in [6, 6.07) is 0. The maximum atomic E-state index is 13.0. The van der Waals surface area contributed by atoms with Crippen LogP contribution < -0.4 is 0 Å². The van der Waals surface area contributed by atoms with Gasteiger partial charge in [-0.25, -0.2) is 0 Å². The molecule has 0 aromatic rings. The van der Waals surface area contributed by atoms with E-state index in [1.54, 1.807) is 8.61 Å². The molecule has 3 atom stereocenters. The molecule has 4 nitrogen and oxygen atoms in total. The maximum absolute atomic E-state index is 13.0. The molecule has 0 spiro atoms. The van der Waals surface area contributed by atoms with E-state index in [0.29, 0.717) is 43.9 Å². The second kappa shape index (κ2) is 6.78. The fraction of sp³-hybridized carbons (Fsp3) is 1.00. The van der Waals surface area contributed by atoms with Crippen LogP contribution in [0.1, 0.15) is 60.3 Å². The SMILES string of the molecule is C[C@@H]1C[C@H](C)CN(S(=O)(=O)N2CCC[C@@H](C(C)(C)C)CC2)C1. The molecule has 0 bridgehead atoms. The zero-order valence-corrected chi connectivity index (χ0v) is 15.8. The molecule has 0 amide bonds. The predicted molar refractivity (Wildman–Crippen MR) is 91.8 cm³/mol. The van der Waals surface area contributed by atoms with E-state index in [1.165, 1.54) is 0 Å². The highest BCUT2D eigenvalue weighted by molar-refractivity contribution is 7.86. The smallest absolute Gasteiger partial charge is 0.195 e. The summed E-state index contributed by atoms with van der Waals surface area (Å²) in [5.41, 5.74) is 0.272. The standard InChI is InChI=1S/C17H34N2O2S/c1-14-11-15(2)13-19(12-14)22(20,21)18-9-6-7-16(8-10-18)17(3,4)5/h14-16H,6-13H2,1-5H3/t14-,15+,16-/m1/s1. The Morgan fingerprint density at radius 1 is 0.909 bits per heavy atom. The van der Waals surface area contributed by atoms with E-state index >= 15 is 0 Å². The van der Waals surface area contributed by atoms with Crippen LogP contribution in [0.3, 0.4) is 0 Å². The summed E-state index contributed by atoms with van der Waals surface area (Å²) < 4.78 is 29.5. The van der Waals surface area contributed by atoms with Crippen molar-refractivity contribution >= 4 is 10.2 Å². The molecule has 0 aliphatic carbocycles. The molecule has 22 heavy (non-hydrogen) atoms. The average molecular weight is 331 g/mol. The van der Waals surface area contributed by atoms with Gasteiger partial charge in [-0.15, -0.1) is 0 Å². The van der Waals surface area contributed by atoms with Gasteiger partial charge in [-0.3, -0.25) is 0 Å². The zero-order chi connectivity index (χ0) is 16.5. The van der Waals surface area contributed by atoms with Crippen LogP contribution >= 0.6 is 0 Å². The summed E-state index contributed by atoms with van der Waals surface area (Å²) in [4.78, 5) is 0. The van der Waals surface area contributed by atoms with E-state index in [9.17, 15) is 8.42 Å². The monoisotopic (exact) mass is 330 g/mol. The molecule has 0 N–H and O–H groups in total. The first-order valence-corrected chi connectivity index (χ1v) is 10.3. The van der Waals surface area contributed by atoms with Crippen molar-refractivity contribution in [3.8, 4) is 0 Å². The largest absolute Gasteiger partial charge is 0.281 e. The Bertz CT molecular complexity index is 460. The normalized spacial score (nSPS) is 33.6. The first-order valence-electron chi connectivity index (χ1n) is 8.86. The Hall–Kier alpha value is -0.130. The molecule has 2 fully saturated rings. The molecule has 130 valence electrons. The van der Waals surface area contributed by atoms with Gasteiger partial charge in [0, 0.05) is 26.2 Å². The second-order valence-electron chi connectivity index (χ2n) is 8.66. The first-order chi connectivity index (χ1) is 10.1. The number of piperidine rings is 1. The molecule has 0 unspecified atom stereocenters. The van der Waals surface area contributed by atoms with Gasteiger partial charge < -0.3 is 0 Å². The fourth-order valence-electron chi connectivity index (χ4n) is 4.12. The number of hydrogen-bond acceptors (Lipinski definition) is 2. The van der Waals surface area contributed by atoms with E-state index in [0.717, 1.165) is 25.7 Å². The molecule has 0 aromatic heterocycles.